The zero-order chi connectivity index (χ0) is 20.8. The van der Waals surface area contributed by atoms with E-state index in [2.05, 4.69) is 20.4 Å². The van der Waals surface area contributed by atoms with Crippen LogP contribution in [-0.2, 0) is 9.59 Å². The number of ether oxygens (including phenoxy) is 1. The number of amides is 2. The van der Waals surface area contributed by atoms with Crippen molar-refractivity contribution in [3.63, 3.8) is 0 Å². The minimum Gasteiger partial charge on any atom is -0.455 e. The monoisotopic (exact) mass is 408 g/mol. The highest BCUT2D eigenvalue weighted by Gasteiger charge is 2.25. The maximum absolute atomic E-state index is 12.6. The van der Waals surface area contributed by atoms with Gasteiger partial charge in [-0.25, -0.2) is 0 Å². The third-order valence-corrected chi connectivity index (χ3v) is 5.27. The maximum Gasteiger partial charge on any atom is 0.238 e. The first-order valence-corrected chi connectivity index (χ1v) is 10.5. The third-order valence-electron chi connectivity index (χ3n) is 5.27. The van der Waals surface area contributed by atoms with E-state index in [1.165, 1.54) is 0 Å². The topological polar surface area (TPSA) is 73.9 Å². The van der Waals surface area contributed by atoms with Gasteiger partial charge in [-0.05, 0) is 37.1 Å². The Hall–Kier alpha value is -2.90. The van der Waals surface area contributed by atoms with E-state index >= 15 is 0 Å². The van der Waals surface area contributed by atoms with E-state index in [4.69, 9.17) is 4.74 Å². The van der Waals surface area contributed by atoms with E-state index in [0.29, 0.717) is 30.6 Å². The van der Waals surface area contributed by atoms with Crippen LogP contribution in [0.4, 0.5) is 5.69 Å². The van der Waals surface area contributed by atoms with Gasteiger partial charge in [-0.2, -0.15) is 0 Å². The number of anilines is 1. The summed E-state index contributed by atoms with van der Waals surface area (Å²) in [7, 11) is 0. The number of nitrogens with one attached hydrogen (secondary N) is 2. The third kappa shape index (κ3) is 6.05. The van der Waals surface area contributed by atoms with Crippen molar-refractivity contribution >= 4 is 17.5 Å². The number of benzene rings is 2. The maximum atomic E-state index is 12.6. The molecule has 1 heterocycles. The molecule has 2 fully saturated rings. The number of hydrogen-bond donors (Lipinski definition) is 2. The molecule has 0 spiro atoms. The molecule has 0 unspecified atom stereocenters. The summed E-state index contributed by atoms with van der Waals surface area (Å²) in [6.07, 6.45) is 2.21. The Labute approximate surface area is 177 Å². The molecule has 1 saturated heterocycles. The minimum absolute atomic E-state index is 0.0703. The molecule has 0 radical (unpaired) electrons. The van der Waals surface area contributed by atoms with E-state index in [-0.39, 0.29) is 11.8 Å². The molecule has 158 valence electrons. The van der Waals surface area contributed by atoms with Crippen molar-refractivity contribution in [2.75, 3.05) is 44.6 Å². The van der Waals surface area contributed by atoms with E-state index in [9.17, 15) is 9.59 Å². The highest BCUT2D eigenvalue weighted by molar-refractivity contribution is 5.93. The van der Waals surface area contributed by atoms with E-state index < -0.39 is 0 Å². The number of piperazine rings is 1. The molecule has 2 aromatic carbocycles. The summed E-state index contributed by atoms with van der Waals surface area (Å²) in [5.41, 5.74) is 0.654. The van der Waals surface area contributed by atoms with Crippen LogP contribution in [0.25, 0.3) is 0 Å². The fourth-order valence-electron chi connectivity index (χ4n) is 3.48. The largest absolute Gasteiger partial charge is 0.455 e. The predicted octanol–water partition coefficient (Wildman–Crippen LogP) is 2.31. The van der Waals surface area contributed by atoms with Gasteiger partial charge in [-0.1, -0.05) is 30.3 Å². The van der Waals surface area contributed by atoms with Crippen LogP contribution >= 0.6 is 0 Å². The van der Waals surface area contributed by atoms with Gasteiger partial charge in [0.05, 0.1) is 18.8 Å². The van der Waals surface area contributed by atoms with Crippen molar-refractivity contribution in [1.29, 1.82) is 0 Å². The van der Waals surface area contributed by atoms with Crippen LogP contribution in [0.15, 0.2) is 54.6 Å². The van der Waals surface area contributed by atoms with Crippen LogP contribution < -0.4 is 15.4 Å². The molecule has 2 aliphatic rings. The molecule has 0 atom stereocenters. The quantitative estimate of drug-likeness (QED) is 0.701. The normalized spacial score (nSPS) is 17.3. The molecule has 2 N–H and O–H groups in total. The SMILES string of the molecule is O=C(CN1CCN(CC(=O)NC2CC2)CC1)Nc1ccccc1Oc1ccccc1. The van der Waals surface area contributed by atoms with Crippen LogP contribution in [0, 0.1) is 0 Å². The summed E-state index contributed by atoms with van der Waals surface area (Å²) in [5.74, 6) is 1.38. The molecule has 1 aliphatic heterocycles. The Morgan fingerprint density at radius 2 is 1.43 bits per heavy atom. The first kappa shape index (κ1) is 20.4. The Morgan fingerprint density at radius 3 is 2.10 bits per heavy atom. The van der Waals surface area contributed by atoms with Crippen molar-refractivity contribution in [1.82, 2.24) is 15.1 Å². The van der Waals surface area contributed by atoms with E-state index in [1.54, 1.807) is 0 Å². The Kier molecular flexibility index (Phi) is 6.61. The van der Waals surface area contributed by atoms with Crippen LogP contribution in [-0.4, -0.2) is 66.9 Å². The molecule has 2 aromatic rings. The molecule has 1 aliphatic carbocycles. The van der Waals surface area contributed by atoms with E-state index in [0.717, 1.165) is 44.8 Å². The molecule has 0 aromatic heterocycles. The second-order valence-corrected chi connectivity index (χ2v) is 7.85. The summed E-state index contributed by atoms with van der Waals surface area (Å²) >= 11 is 0. The summed E-state index contributed by atoms with van der Waals surface area (Å²) in [6.45, 7) is 3.89. The van der Waals surface area contributed by atoms with Gasteiger partial charge in [-0.3, -0.25) is 19.4 Å². The molecular weight excluding hydrogens is 380 g/mol. The number of rotatable bonds is 8. The fourth-order valence-corrected chi connectivity index (χ4v) is 3.48. The second-order valence-electron chi connectivity index (χ2n) is 7.85. The lowest BCUT2D eigenvalue weighted by Crippen LogP contribution is -2.51. The first-order chi connectivity index (χ1) is 14.7. The summed E-state index contributed by atoms with van der Waals surface area (Å²) in [5, 5.41) is 5.99. The van der Waals surface area contributed by atoms with Gasteiger partial charge in [0.1, 0.15) is 5.75 Å². The fraction of sp³-hybridized carbons (Fsp3) is 0.391. The van der Waals surface area contributed by atoms with Gasteiger partial charge in [0.15, 0.2) is 5.75 Å². The summed E-state index contributed by atoms with van der Waals surface area (Å²) in [6, 6.07) is 17.3. The number of hydrogen-bond acceptors (Lipinski definition) is 5. The number of carbonyl (C=O) groups excluding carboxylic acids is 2. The van der Waals surface area contributed by atoms with Crippen molar-refractivity contribution in [3.05, 3.63) is 54.6 Å². The lowest BCUT2D eigenvalue weighted by molar-refractivity contribution is -0.123. The average Bonchev–Trinajstić information content (AvgIpc) is 3.55. The Bertz CT molecular complexity index is 862. The highest BCUT2D eigenvalue weighted by Crippen LogP contribution is 2.29. The van der Waals surface area contributed by atoms with Gasteiger partial charge in [0, 0.05) is 32.2 Å². The number of para-hydroxylation sites is 3. The molecule has 7 nitrogen and oxygen atoms in total. The van der Waals surface area contributed by atoms with Gasteiger partial charge in [0.25, 0.3) is 0 Å². The summed E-state index contributed by atoms with van der Waals surface area (Å²) in [4.78, 5) is 28.8. The zero-order valence-corrected chi connectivity index (χ0v) is 17.0. The standard InChI is InChI=1S/C23H28N4O3/c28-22(24-18-10-11-18)16-26-12-14-27(15-13-26)17-23(29)25-20-8-4-5-9-21(20)30-19-6-2-1-3-7-19/h1-9,18H,10-17H2,(H,24,28)(H,25,29). The van der Waals surface area contributed by atoms with Gasteiger partial charge < -0.3 is 15.4 Å². The van der Waals surface area contributed by atoms with Gasteiger partial charge in [-0.15, -0.1) is 0 Å². The Morgan fingerprint density at radius 1 is 0.833 bits per heavy atom. The number of carbonyl (C=O) groups is 2. The minimum atomic E-state index is -0.0703. The lowest BCUT2D eigenvalue weighted by atomic mass is 10.2. The van der Waals surface area contributed by atoms with Crippen LogP contribution in [0.5, 0.6) is 11.5 Å². The smallest absolute Gasteiger partial charge is 0.238 e. The predicted molar refractivity (Wildman–Crippen MR) is 116 cm³/mol. The molecule has 30 heavy (non-hydrogen) atoms. The second kappa shape index (κ2) is 9.73. The molecule has 7 heteroatoms. The molecule has 2 amide bonds. The first-order valence-electron chi connectivity index (χ1n) is 10.5. The zero-order valence-electron chi connectivity index (χ0n) is 17.0. The van der Waals surface area contributed by atoms with Crippen molar-refractivity contribution in [3.8, 4) is 11.5 Å². The Balaban J connectivity index is 1.24. The van der Waals surface area contributed by atoms with E-state index in [1.807, 2.05) is 54.6 Å². The van der Waals surface area contributed by atoms with Gasteiger partial charge >= 0.3 is 0 Å². The summed E-state index contributed by atoms with van der Waals surface area (Å²) < 4.78 is 5.91. The molecular formula is C23H28N4O3. The molecule has 0 bridgehead atoms. The lowest BCUT2D eigenvalue weighted by Gasteiger charge is -2.33. The highest BCUT2D eigenvalue weighted by atomic mass is 16.5. The van der Waals surface area contributed by atoms with Crippen LogP contribution in [0.3, 0.4) is 0 Å². The van der Waals surface area contributed by atoms with Crippen molar-refractivity contribution < 1.29 is 14.3 Å². The van der Waals surface area contributed by atoms with Crippen LogP contribution in [0.2, 0.25) is 0 Å². The molecule has 4 rings (SSSR count). The molecule has 1 saturated carbocycles. The van der Waals surface area contributed by atoms with Crippen molar-refractivity contribution in [2.24, 2.45) is 0 Å². The van der Waals surface area contributed by atoms with Crippen molar-refractivity contribution in [2.45, 2.75) is 18.9 Å². The van der Waals surface area contributed by atoms with Crippen LogP contribution in [0.1, 0.15) is 12.8 Å². The number of nitrogens with zero attached hydrogens (tertiary/aromatic N) is 2. The average molecular weight is 409 g/mol. The van der Waals surface area contributed by atoms with Gasteiger partial charge in [0.2, 0.25) is 11.8 Å².